The summed E-state index contributed by atoms with van der Waals surface area (Å²) in [6.45, 7) is -0.201. The van der Waals surface area contributed by atoms with Crippen molar-refractivity contribution in [3.8, 4) is 0 Å². The molecule has 2 amide bonds. The first-order chi connectivity index (χ1) is 13.0. The van der Waals surface area contributed by atoms with Crippen LogP contribution in [0.15, 0.2) is 54.6 Å². The Bertz CT molecular complexity index is 796. The molecule has 2 N–H and O–H groups in total. The second-order valence-corrected chi connectivity index (χ2v) is 6.27. The molecule has 0 aromatic heterocycles. The average molecular weight is 389 g/mol. The van der Waals surface area contributed by atoms with Crippen molar-refractivity contribution in [1.82, 2.24) is 10.6 Å². The zero-order chi connectivity index (χ0) is 19.6. The zero-order valence-corrected chi connectivity index (χ0v) is 15.7. The summed E-state index contributed by atoms with van der Waals surface area (Å²) < 4.78 is 4.69. The first kappa shape index (κ1) is 20.5. The van der Waals surface area contributed by atoms with E-state index in [4.69, 9.17) is 11.6 Å². The molecule has 0 fully saturated rings. The van der Waals surface area contributed by atoms with E-state index in [9.17, 15) is 14.4 Å². The van der Waals surface area contributed by atoms with Gasteiger partial charge >= 0.3 is 5.97 Å². The number of methoxy groups -OCH3 is 1. The first-order valence-corrected chi connectivity index (χ1v) is 8.78. The van der Waals surface area contributed by atoms with Gasteiger partial charge in [0.2, 0.25) is 11.8 Å². The monoisotopic (exact) mass is 388 g/mol. The Balaban J connectivity index is 1.94. The van der Waals surface area contributed by atoms with Crippen LogP contribution in [-0.4, -0.2) is 31.4 Å². The third-order valence-corrected chi connectivity index (χ3v) is 4.21. The van der Waals surface area contributed by atoms with Crippen molar-refractivity contribution >= 4 is 29.4 Å². The highest BCUT2D eigenvalue weighted by molar-refractivity contribution is 6.31. The van der Waals surface area contributed by atoms with Gasteiger partial charge in [-0.3, -0.25) is 14.4 Å². The van der Waals surface area contributed by atoms with Gasteiger partial charge < -0.3 is 15.4 Å². The van der Waals surface area contributed by atoms with Gasteiger partial charge in [0.05, 0.1) is 32.5 Å². The van der Waals surface area contributed by atoms with E-state index in [0.717, 1.165) is 5.56 Å². The van der Waals surface area contributed by atoms with E-state index in [2.05, 4.69) is 15.4 Å². The molecule has 0 saturated carbocycles. The van der Waals surface area contributed by atoms with Crippen LogP contribution in [0.1, 0.15) is 23.6 Å². The van der Waals surface area contributed by atoms with Crippen molar-refractivity contribution in [2.75, 3.05) is 13.7 Å². The van der Waals surface area contributed by atoms with Crippen LogP contribution in [0.5, 0.6) is 0 Å². The largest absolute Gasteiger partial charge is 0.469 e. The van der Waals surface area contributed by atoms with Crippen LogP contribution in [-0.2, 0) is 25.5 Å². The molecule has 6 nitrogen and oxygen atoms in total. The number of rotatable bonds is 8. The van der Waals surface area contributed by atoms with Gasteiger partial charge in [-0.25, -0.2) is 0 Å². The maximum Gasteiger partial charge on any atom is 0.307 e. The number of carbonyl (C=O) groups excluding carboxylic acids is 3. The summed E-state index contributed by atoms with van der Waals surface area (Å²) in [5, 5.41) is 5.72. The Morgan fingerprint density at radius 3 is 2.33 bits per heavy atom. The lowest BCUT2D eigenvalue weighted by atomic mass is 10.0. The lowest BCUT2D eigenvalue weighted by Crippen LogP contribution is -2.39. The van der Waals surface area contributed by atoms with Crippen molar-refractivity contribution in [3.63, 3.8) is 0 Å². The lowest BCUT2D eigenvalue weighted by molar-refractivity contribution is -0.141. The third kappa shape index (κ3) is 6.75. The molecule has 2 aromatic rings. The fraction of sp³-hybridized carbons (Fsp3) is 0.250. The molecule has 1 atom stereocenters. The minimum Gasteiger partial charge on any atom is -0.469 e. The molecule has 0 unspecified atom stereocenters. The summed E-state index contributed by atoms with van der Waals surface area (Å²) in [6.07, 6.45) is 0.119. The Hall–Kier alpha value is -2.86. The maximum absolute atomic E-state index is 12.2. The van der Waals surface area contributed by atoms with E-state index >= 15 is 0 Å². The molecule has 2 rings (SSSR count). The number of hydrogen-bond donors (Lipinski definition) is 2. The van der Waals surface area contributed by atoms with Gasteiger partial charge in [-0.2, -0.15) is 0 Å². The molecule has 0 aliphatic heterocycles. The summed E-state index contributed by atoms with van der Waals surface area (Å²) in [5.41, 5.74) is 1.46. The molecule has 0 saturated heterocycles. The second kappa shape index (κ2) is 10.3. The van der Waals surface area contributed by atoms with E-state index < -0.39 is 17.9 Å². The van der Waals surface area contributed by atoms with Gasteiger partial charge in [-0.05, 0) is 17.2 Å². The van der Waals surface area contributed by atoms with Crippen LogP contribution in [0.3, 0.4) is 0 Å². The molecule has 0 aliphatic rings. The van der Waals surface area contributed by atoms with Gasteiger partial charge in [0.15, 0.2) is 0 Å². The highest BCUT2D eigenvalue weighted by atomic mass is 35.5. The summed E-state index contributed by atoms with van der Waals surface area (Å²) in [7, 11) is 1.28. The van der Waals surface area contributed by atoms with E-state index in [0.29, 0.717) is 10.6 Å². The predicted molar refractivity (Wildman–Crippen MR) is 102 cm³/mol. The van der Waals surface area contributed by atoms with Crippen LogP contribution in [0.4, 0.5) is 0 Å². The molecule has 142 valence electrons. The fourth-order valence-corrected chi connectivity index (χ4v) is 2.78. The predicted octanol–water partition coefficient (Wildman–Crippen LogP) is 2.42. The van der Waals surface area contributed by atoms with E-state index in [-0.39, 0.29) is 25.3 Å². The third-order valence-electron chi connectivity index (χ3n) is 3.87. The number of esters is 1. The molecule has 7 heteroatoms. The molecule has 0 spiro atoms. The van der Waals surface area contributed by atoms with Crippen molar-refractivity contribution in [1.29, 1.82) is 0 Å². The quantitative estimate of drug-likeness (QED) is 0.680. The van der Waals surface area contributed by atoms with Crippen molar-refractivity contribution < 1.29 is 19.1 Å². The summed E-state index contributed by atoms with van der Waals surface area (Å²) in [4.78, 5) is 35.9. The number of carbonyl (C=O) groups is 3. The SMILES string of the molecule is COC(=O)C[C@@H](NC(=O)CNC(=O)Cc1ccccc1)c1ccccc1Cl. The summed E-state index contributed by atoms with van der Waals surface area (Å²) in [6, 6.07) is 15.5. The standard InChI is InChI=1S/C20H21ClN2O4/c1-27-20(26)12-17(15-9-5-6-10-16(15)21)23-19(25)13-22-18(24)11-14-7-3-2-4-8-14/h2-10,17H,11-13H2,1H3,(H,22,24)(H,23,25)/t17-/m1/s1. The van der Waals surface area contributed by atoms with Gasteiger partial charge in [0.1, 0.15) is 0 Å². The van der Waals surface area contributed by atoms with Gasteiger partial charge in [-0.15, -0.1) is 0 Å². The lowest BCUT2D eigenvalue weighted by Gasteiger charge is -2.19. The van der Waals surface area contributed by atoms with Crippen molar-refractivity contribution in [2.24, 2.45) is 0 Å². The van der Waals surface area contributed by atoms with E-state index in [1.165, 1.54) is 7.11 Å². The normalized spacial score (nSPS) is 11.3. The van der Waals surface area contributed by atoms with Crippen molar-refractivity contribution in [3.05, 3.63) is 70.7 Å². The Morgan fingerprint density at radius 2 is 1.67 bits per heavy atom. The van der Waals surface area contributed by atoms with Gasteiger partial charge in [0, 0.05) is 5.02 Å². The van der Waals surface area contributed by atoms with E-state index in [1.807, 2.05) is 30.3 Å². The van der Waals surface area contributed by atoms with Crippen LogP contribution in [0.2, 0.25) is 5.02 Å². The van der Waals surface area contributed by atoms with E-state index in [1.54, 1.807) is 24.3 Å². The number of hydrogen-bond acceptors (Lipinski definition) is 4. The highest BCUT2D eigenvalue weighted by Gasteiger charge is 2.21. The molecular formula is C20H21ClN2O4. The Morgan fingerprint density at radius 1 is 1.00 bits per heavy atom. The molecule has 0 heterocycles. The second-order valence-electron chi connectivity index (χ2n) is 5.86. The topological polar surface area (TPSA) is 84.5 Å². The smallest absolute Gasteiger partial charge is 0.307 e. The zero-order valence-electron chi connectivity index (χ0n) is 14.9. The van der Waals surface area contributed by atoms with Gasteiger partial charge in [0.25, 0.3) is 0 Å². The van der Waals surface area contributed by atoms with Crippen LogP contribution in [0.25, 0.3) is 0 Å². The molecule has 0 bridgehead atoms. The first-order valence-electron chi connectivity index (χ1n) is 8.41. The molecule has 0 aliphatic carbocycles. The maximum atomic E-state index is 12.2. The number of benzene rings is 2. The number of halogens is 1. The number of ether oxygens (including phenoxy) is 1. The Kier molecular flexibility index (Phi) is 7.82. The summed E-state index contributed by atoms with van der Waals surface area (Å²) in [5.74, 6) is -1.17. The summed E-state index contributed by atoms with van der Waals surface area (Å²) >= 11 is 6.17. The fourth-order valence-electron chi connectivity index (χ4n) is 2.51. The average Bonchev–Trinajstić information content (AvgIpc) is 2.67. The molecular weight excluding hydrogens is 368 g/mol. The minimum absolute atomic E-state index is 0.0655. The van der Waals surface area contributed by atoms with Crippen LogP contribution >= 0.6 is 11.6 Å². The molecule has 27 heavy (non-hydrogen) atoms. The number of nitrogens with one attached hydrogen (secondary N) is 2. The molecule has 0 radical (unpaired) electrons. The highest BCUT2D eigenvalue weighted by Crippen LogP contribution is 2.25. The van der Waals surface area contributed by atoms with Crippen molar-refractivity contribution in [2.45, 2.75) is 18.9 Å². The van der Waals surface area contributed by atoms with Crippen LogP contribution < -0.4 is 10.6 Å². The number of amides is 2. The Labute approximate surface area is 162 Å². The molecule has 2 aromatic carbocycles. The minimum atomic E-state index is -0.648. The van der Waals surface area contributed by atoms with Gasteiger partial charge in [-0.1, -0.05) is 60.1 Å². The van der Waals surface area contributed by atoms with Crippen LogP contribution in [0, 0.1) is 0 Å².